The minimum atomic E-state index is -3.81. The Labute approximate surface area is 201 Å². The summed E-state index contributed by atoms with van der Waals surface area (Å²) in [5, 5.41) is 0. The van der Waals surface area contributed by atoms with Gasteiger partial charge in [-0.1, -0.05) is 35.9 Å². The van der Waals surface area contributed by atoms with Gasteiger partial charge in [0, 0.05) is 25.2 Å². The van der Waals surface area contributed by atoms with Gasteiger partial charge in [0.2, 0.25) is 0 Å². The lowest BCUT2D eigenvalue weighted by atomic mass is 10.0. The van der Waals surface area contributed by atoms with Crippen LogP contribution in [0.15, 0.2) is 77.7 Å². The normalized spacial score (nSPS) is 15.9. The molecular weight excluding hydrogens is 448 g/mol. The smallest absolute Gasteiger partial charge is 0.264 e. The fourth-order valence-corrected chi connectivity index (χ4v) is 5.64. The molecule has 7 heteroatoms. The molecule has 3 aromatic carbocycles. The van der Waals surface area contributed by atoms with E-state index in [0.717, 1.165) is 36.1 Å². The molecule has 1 atom stereocenters. The molecule has 1 unspecified atom stereocenters. The summed E-state index contributed by atoms with van der Waals surface area (Å²) in [5.74, 6) is 0.657. The molecule has 0 aliphatic carbocycles. The first-order valence-electron chi connectivity index (χ1n) is 11.4. The molecule has 0 aromatic heterocycles. The van der Waals surface area contributed by atoms with Crippen molar-refractivity contribution in [2.24, 2.45) is 0 Å². The van der Waals surface area contributed by atoms with E-state index in [0.29, 0.717) is 17.8 Å². The second-order valence-corrected chi connectivity index (χ2v) is 10.7. The number of methoxy groups -OCH3 is 1. The Bertz CT molecular complexity index is 1270. The number of sulfonamides is 1. The molecule has 1 aliphatic rings. The van der Waals surface area contributed by atoms with Crippen LogP contribution in [0.2, 0.25) is 0 Å². The average Bonchev–Trinajstić information content (AvgIpc) is 3.31. The third-order valence-corrected chi connectivity index (χ3v) is 8.16. The van der Waals surface area contributed by atoms with Crippen LogP contribution >= 0.6 is 0 Å². The number of ether oxygens (including phenoxy) is 1. The van der Waals surface area contributed by atoms with Crippen molar-refractivity contribution in [2.75, 3.05) is 25.0 Å². The van der Waals surface area contributed by atoms with Crippen LogP contribution < -0.4 is 9.04 Å². The van der Waals surface area contributed by atoms with Crippen LogP contribution in [0.5, 0.6) is 5.75 Å². The van der Waals surface area contributed by atoms with Crippen LogP contribution in [0, 0.1) is 6.92 Å². The quantitative estimate of drug-likeness (QED) is 0.495. The fourth-order valence-electron chi connectivity index (χ4n) is 4.39. The highest BCUT2D eigenvalue weighted by Crippen LogP contribution is 2.27. The van der Waals surface area contributed by atoms with Gasteiger partial charge in [-0.25, -0.2) is 8.42 Å². The number of aryl methyl sites for hydroxylation is 1. The fraction of sp³-hybridized carbons (Fsp3) is 0.296. The summed E-state index contributed by atoms with van der Waals surface area (Å²) in [7, 11) is -0.638. The van der Waals surface area contributed by atoms with Crippen molar-refractivity contribution in [1.82, 2.24) is 4.90 Å². The number of hydrogen-bond donors (Lipinski definition) is 0. The van der Waals surface area contributed by atoms with Crippen LogP contribution in [0.25, 0.3) is 0 Å². The summed E-state index contributed by atoms with van der Waals surface area (Å²) < 4.78 is 33.1. The van der Waals surface area contributed by atoms with Gasteiger partial charge in [0.15, 0.2) is 0 Å². The van der Waals surface area contributed by atoms with E-state index in [-0.39, 0.29) is 16.8 Å². The number of carbonyl (C=O) groups excluding carboxylic acids is 1. The molecule has 0 spiro atoms. The Morgan fingerprint density at radius 2 is 1.79 bits per heavy atom. The van der Waals surface area contributed by atoms with Gasteiger partial charge in [0.25, 0.3) is 15.9 Å². The molecule has 3 aromatic rings. The van der Waals surface area contributed by atoms with Crippen molar-refractivity contribution in [3.63, 3.8) is 0 Å². The van der Waals surface area contributed by atoms with Crippen LogP contribution in [0.4, 0.5) is 5.69 Å². The zero-order valence-corrected chi connectivity index (χ0v) is 20.6. The standard InChI is InChI=1S/C27H30N2O4S/c1-20-12-14-23(15-13-20)28(2)34(31,32)26-11-5-8-22(19-26)27(30)29-16-6-9-24(29)17-21-7-4-10-25(18-21)33-3/h4-5,7-8,10-15,18-19,24H,6,9,16-17H2,1-3H3. The molecule has 0 bridgehead atoms. The van der Waals surface area contributed by atoms with Gasteiger partial charge in [-0.15, -0.1) is 0 Å². The molecule has 34 heavy (non-hydrogen) atoms. The minimum absolute atomic E-state index is 0.0649. The first-order valence-corrected chi connectivity index (χ1v) is 12.8. The van der Waals surface area contributed by atoms with Crippen LogP contribution in [-0.4, -0.2) is 46.0 Å². The second-order valence-electron chi connectivity index (χ2n) is 8.69. The first-order chi connectivity index (χ1) is 16.3. The Morgan fingerprint density at radius 3 is 2.53 bits per heavy atom. The van der Waals surface area contributed by atoms with Crippen molar-refractivity contribution in [3.05, 3.63) is 89.5 Å². The molecule has 0 radical (unpaired) electrons. The van der Waals surface area contributed by atoms with Crippen molar-refractivity contribution < 1.29 is 17.9 Å². The van der Waals surface area contributed by atoms with Crippen LogP contribution in [-0.2, 0) is 16.4 Å². The predicted molar refractivity (Wildman–Crippen MR) is 134 cm³/mol. The monoisotopic (exact) mass is 478 g/mol. The zero-order valence-electron chi connectivity index (χ0n) is 19.8. The maximum Gasteiger partial charge on any atom is 0.264 e. The minimum Gasteiger partial charge on any atom is -0.497 e. The van der Waals surface area contributed by atoms with Gasteiger partial charge >= 0.3 is 0 Å². The Morgan fingerprint density at radius 1 is 1.06 bits per heavy atom. The van der Waals surface area contributed by atoms with Gasteiger partial charge in [-0.2, -0.15) is 0 Å². The van der Waals surface area contributed by atoms with E-state index in [1.807, 2.05) is 48.2 Å². The van der Waals surface area contributed by atoms with Gasteiger partial charge in [-0.3, -0.25) is 9.10 Å². The maximum atomic E-state index is 13.4. The SMILES string of the molecule is COc1cccc(CC2CCCN2C(=O)c2cccc(S(=O)(=O)N(C)c3ccc(C)cc3)c2)c1. The molecular formula is C27H30N2O4S. The van der Waals surface area contributed by atoms with E-state index in [2.05, 4.69) is 0 Å². The lowest BCUT2D eigenvalue weighted by Crippen LogP contribution is -2.37. The summed E-state index contributed by atoms with van der Waals surface area (Å²) in [6, 6.07) is 21.6. The number of anilines is 1. The third-order valence-electron chi connectivity index (χ3n) is 6.38. The van der Waals surface area contributed by atoms with E-state index >= 15 is 0 Å². The molecule has 1 aliphatic heterocycles. The van der Waals surface area contributed by atoms with Gasteiger partial charge < -0.3 is 9.64 Å². The molecule has 1 heterocycles. The number of hydrogen-bond acceptors (Lipinski definition) is 4. The molecule has 4 rings (SSSR count). The summed E-state index contributed by atoms with van der Waals surface area (Å²) in [6.07, 6.45) is 2.57. The van der Waals surface area contributed by atoms with Gasteiger partial charge in [-0.05, 0) is 74.2 Å². The molecule has 0 saturated carbocycles. The molecule has 0 N–H and O–H groups in total. The summed E-state index contributed by atoms with van der Waals surface area (Å²) in [5.41, 5.74) is 3.12. The molecule has 178 valence electrons. The highest BCUT2D eigenvalue weighted by molar-refractivity contribution is 7.92. The number of likely N-dealkylation sites (tertiary alicyclic amines) is 1. The largest absolute Gasteiger partial charge is 0.497 e. The van der Waals surface area contributed by atoms with Crippen LogP contribution in [0.1, 0.15) is 34.3 Å². The van der Waals surface area contributed by atoms with Crippen molar-refractivity contribution in [3.8, 4) is 5.75 Å². The highest BCUT2D eigenvalue weighted by atomic mass is 32.2. The number of benzene rings is 3. The molecule has 1 amide bonds. The number of carbonyl (C=O) groups is 1. The summed E-state index contributed by atoms with van der Waals surface area (Å²) in [6.45, 7) is 2.61. The second kappa shape index (κ2) is 9.89. The Hall–Kier alpha value is -3.32. The Balaban J connectivity index is 1.55. The molecule has 1 saturated heterocycles. The number of nitrogens with zero attached hydrogens (tertiary/aromatic N) is 2. The molecule has 1 fully saturated rings. The van der Waals surface area contributed by atoms with Crippen LogP contribution in [0.3, 0.4) is 0 Å². The summed E-state index contributed by atoms with van der Waals surface area (Å²) >= 11 is 0. The third kappa shape index (κ3) is 4.94. The van der Waals surface area contributed by atoms with Crippen molar-refractivity contribution in [2.45, 2.75) is 37.1 Å². The Kier molecular flexibility index (Phi) is 6.93. The zero-order chi connectivity index (χ0) is 24.3. The highest BCUT2D eigenvalue weighted by Gasteiger charge is 2.30. The van der Waals surface area contributed by atoms with E-state index in [4.69, 9.17) is 4.74 Å². The average molecular weight is 479 g/mol. The number of rotatable bonds is 7. The van der Waals surface area contributed by atoms with E-state index in [1.54, 1.807) is 31.4 Å². The van der Waals surface area contributed by atoms with Crippen molar-refractivity contribution >= 4 is 21.6 Å². The van der Waals surface area contributed by atoms with Crippen molar-refractivity contribution in [1.29, 1.82) is 0 Å². The number of amides is 1. The van der Waals surface area contributed by atoms with E-state index in [9.17, 15) is 13.2 Å². The van der Waals surface area contributed by atoms with E-state index < -0.39 is 10.0 Å². The summed E-state index contributed by atoms with van der Waals surface area (Å²) in [4.78, 5) is 15.4. The predicted octanol–water partition coefficient (Wildman–Crippen LogP) is 4.68. The maximum absolute atomic E-state index is 13.4. The van der Waals surface area contributed by atoms with Gasteiger partial charge in [0.05, 0.1) is 17.7 Å². The van der Waals surface area contributed by atoms with E-state index in [1.165, 1.54) is 23.5 Å². The molecule has 6 nitrogen and oxygen atoms in total. The first kappa shape index (κ1) is 23.8. The lowest BCUT2D eigenvalue weighted by molar-refractivity contribution is 0.0736. The topological polar surface area (TPSA) is 66.9 Å². The van der Waals surface area contributed by atoms with Gasteiger partial charge in [0.1, 0.15) is 5.75 Å². The lowest BCUT2D eigenvalue weighted by Gasteiger charge is -2.25.